The van der Waals surface area contributed by atoms with Crippen molar-refractivity contribution in [2.45, 2.75) is 47.3 Å². The van der Waals surface area contributed by atoms with Crippen molar-refractivity contribution in [3.05, 3.63) is 64.8 Å². The molecule has 0 N–H and O–H groups in total. The number of benzene rings is 3. The molecule has 3 aromatic heterocycles. The first kappa shape index (κ1) is 19.7. The molecule has 0 aliphatic rings. The highest BCUT2D eigenvalue weighted by Crippen LogP contribution is 2.42. The van der Waals surface area contributed by atoms with Crippen molar-refractivity contribution in [3.8, 4) is 0 Å². The fraction of sp³-hybridized carbons (Fsp3) is 0.276. The van der Waals surface area contributed by atoms with Crippen molar-refractivity contribution in [1.29, 1.82) is 0 Å². The Morgan fingerprint density at radius 2 is 1.34 bits per heavy atom. The van der Waals surface area contributed by atoms with E-state index in [0.717, 1.165) is 0 Å². The largest absolute Gasteiger partial charge is 0.307 e. The summed E-state index contributed by atoms with van der Waals surface area (Å²) in [5.41, 5.74) is 11.1. The molecule has 0 unspecified atom stereocenters. The van der Waals surface area contributed by atoms with Crippen LogP contribution in [0.4, 0.5) is 0 Å². The van der Waals surface area contributed by atoms with Crippen LogP contribution in [0.1, 0.15) is 22.3 Å². The maximum atomic E-state index is 2.58. The summed E-state index contributed by atoms with van der Waals surface area (Å²) in [6, 6.07) is 13.7. The number of nitrogens with zero attached hydrogens (tertiary/aromatic N) is 2. The van der Waals surface area contributed by atoms with Gasteiger partial charge in [0.1, 0.15) is 7.05 Å². The predicted octanol–water partition coefficient (Wildman–Crippen LogP) is 6.59. The zero-order valence-corrected chi connectivity index (χ0v) is 21.4. The van der Waals surface area contributed by atoms with Crippen molar-refractivity contribution in [2.24, 2.45) is 7.05 Å². The topological polar surface area (TPSA) is 8.29 Å². The van der Waals surface area contributed by atoms with E-state index in [1.165, 1.54) is 71.3 Å². The van der Waals surface area contributed by atoms with Crippen molar-refractivity contribution in [3.63, 3.8) is 0 Å². The van der Waals surface area contributed by atoms with Gasteiger partial charge in [0.25, 0.3) is 0 Å². The average Bonchev–Trinajstić information content (AvgIpc) is 3.09. The van der Waals surface area contributed by atoms with Gasteiger partial charge in [0, 0.05) is 16.0 Å². The third-order valence-corrected chi connectivity index (χ3v) is 9.98. The lowest BCUT2D eigenvalue weighted by Gasteiger charge is -2.22. The molecule has 0 fully saturated rings. The Morgan fingerprint density at radius 1 is 0.688 bits per heavy atom. The first-order valence-electron chi connectivity index (χ1n) is 11.6. The second-order valence-corrected chi connectivity index (χ2v) is 15.8. The molecular formula is C29H31N2Si+. The number of rotatable bonds is 1. The first-order chi connectivity index (χ1) is 15.1. The molecule has 0 saturated heterocycles. The van der Waals surface area contributed by atoms with Crippen molar-refractivity contribution >= 4 is 62.3 Å². The molecule has 0 aliphatic carbocycles. The molecule has 0 bridgehead atoms. The predicted molar refractivity (Wildman–Crippen MR) is 142 cm³/mol. The van der Waals surface area contributed by atoms with Gasteiger partial charge in [-0.05, 0) is 61.4 Å². The molecule has 6 rings (SSSR count). The fourth-order valence-electron chi connectivity index (χ4n) is 6.02. The standard InChI is InChI=1S/C29H31N2Si/c1-16-17(2)19(4)27-25(18(16)3)29-26-22(24(15-30(29)5)32(6,7)8)14-13-21-20-11-9-10-12-23(20)31(27)28(21)26/h9-15H,1-8H3/q+1. The number of hydrogen-bond donors (Lipinski definition) is 0. The minimum atomic E-state index is -1.54. The van der Waals surface area contributed by atoms with Crippen LogP contribution in [0.5, 0.6) is 0 Å². The molecule has 32 heavy (non-hydrogen) atoms. The average molecular weight is 436 g/mol. The number of aromatic nitrogens is 2. The van der Waals surface area contributed by atoms with Gasteiger partial charge in [-0.15, -0.1) is 0 Å². The molecule has 160 valence electrons. The highest BCUT2D eigenvalue weighted by molar-refractivity contribution is 6.90. The van der Waals surface area contributed by atoms with Crippen LogP contribution < -0.4 is 9.75 Å². The normalized spacial score (nSPS) is 13.0. The number of para-hydroxylation sites is 1. The van der Waals surface area contributed by atoms with Crippen LogP contribution in [0.2, 0.25) is 19.6 Å². The smallest absolute Gasteiger partial charge is 0.224 e. The molecule has 0 atom stereocenters. The van der Waals surface area contributed by atoms with Gasteiger partial charge in [0.2, 0.25) is 5.52 Å². The Morgan fingerprint density at radius 3 is 2.06 bits per heavy atom. The van der Waals surface area contributed by atoms with Gasteiger partial charge >= 0.3 is 0 Å². The zero-order chi connectivity index (χ0) is 22.7. The molecule has 3 aromatic carbocycles. The fourth-order valence-corrected chi connectivity index (χ4v) is 7.62. The van der Waals surface area contributed by atoms with E-state index in [1.807, 2.05) is 0 Å². The summed E-state index contributed by atoms with van der Waals surface area (Å²) in [5.74, 6) is 0. The van der Waals surface area contributed by atoms with E-state index in [4.69, 9.17) is 0 Å². The summed E-state index contributed by atoms with van der Waals surface area (Å²) in [4.78, 5) is 0. The lowest BCUT2D eigenvalue weighted by molar-refractivity contribution is -0.643. The first-order valence-corrected chi connectivity index (χ1v) is 15.1. The Kier molecular flexibility index (Phi) is 3.77. The summed E-state index contributed by atoms with van der Waals surface area (Å²) in [6.45, 7) is 16.6. The third-order valence-electron chi connectivity index (χ3n) is 7.96. The Bertz CT molecular complexity index is 1750. The molecule has 0 aliphatic heterocycles. The number of fused-ring (bicyclic) bond motifs is 6. The van der Waals surface area contributed by atoms with Gasteiger partial charge in [-0.3, -0.25) is 0 Å². The SMILES string of the molecule is Cc1c(C)c(C)c2c(c1C)c1c3c(ccc4c5ccccc5n2c43)c([Si](C)(C)C)c[n+]1C. The molecule has 6 aromatic rings. The monoisotopic (exact) mass is 435 g/mol. The Hall–Kier alpha value is -2.91. The van der Waals surface area contributed by atoms with Crippen LogP contribution >= 0.6 is 0 Å². The van der Waals surface area contributed by atoms with Crippen LogP contribution in [0.25, 0.3) is 49.0 Å². The second-order valence-electron chi connectivity index (χ2n) is 10.7. The molecule has 3 heterocycles. The summed E-state index contributed by atoms with van der Waals surface area (Å²) in [5, 5.41) is 8.53. The second kappa shape index (κ2) is 6.11. The van der Waals surface area contributed by atoms with E-state index in [9.17, 15) is 0 Å². The van der Waals surface area contributed by atoms with Crippen molar-refractivity contribution < 1.29 is 4.57 Å². The Labute approximate surface area is 190 Å². The molecule has 0 spiro atoms. The lowest BCUT2D eigenvalue weighted by atomic mass is 9.91. The third kappa shape index (κ3) is 2.22. The lowest BCUT2D eigenvalue weighted by Crippen LogP contribution is -2.45. The van der Waals surface area contributed by atoms with Gasteiger partial charge < -0.3 is 4.40 Å². The number of hydrogen-bond acceptors (Lipinski definition) is 0. The van der Waals surface area contributed by atoms with Crippen molar-refractivity contribution in [2.75, 3.05) is 0 Å². The van der Waals surface area contributed by atoms with E-state index in [2.05, 4.69) is 106 Å². The molecular weight excluding hydrogens is 404 g/mol. The van der Waals surface area contributed by atoms with Crippen LogP contribution in [0.3, 0.4) is 0 Å². The summed E-state index contributed by atoms with van der Waals surface area (Å²) in [6.07, 6.45) is 2.43. The van der Waals surface area contributed by atoms with Crippen LogP contribution in [0.15, 0.2) is 42.6 Å². The van der Waals surface area contributed by atoms with Crippen LogP contribution in [0, 0.1) is 27.7 Å². The minimum absolute atomic E-state index is 1.31. The van der Waals surface area contributed by atoms with E-state index in [-0.39, 0.29) is 0 Å². The van der Waals surface area contributed by atoms with Crippen molar-refractivity contribution in [1.82, 2.24) is 4.40 Å². The van der Waals surface area contributed by atoms with Gasteiger partial charge in [-0.1, -0.05) is 50.0 Å². The maximum absolute atomic E-state index is 2.58. The number of aryl methyl sites for hydroxylation is 3. The van der Waals surface area contributed by atoms with Crippen LogP contribution in [-0.4, -0.2) is 12.5 Å². The maximum Gasteiger partial charge on any atom is 0.224 e. The Balaban J connectivity index is 2.12. The van der Waals surface area contributed by atoms with E-state index in [0.29, 0.717) is 0 Å². The molecule has 3 heteroatoms. The summed E-state index contributed by atoms with van der Waals surface area (Å²) < 4.78 is 5.01. The van der Waals surface area contributed by atoms with Gasteiger partial charge in [0.15, 0.2) is 6.20 Å². The van der Waals surface area contributed by atoms with Gasteiger partial charge in [-0.25, -0.2) is 4.57 Å². The van der Waals surface area contributed by atoms with Gasteiger partial charge in [-0.2, -0.15) is 0 Å². The molecule has 0 amide bonds. The zero-order valence-electron chi connectivity index (χ0n) is 20.4. The quantitative estimate of drug-likeness (QED) is 0.119. The highest BCUT2D eigenvalue weighted by atomic mass is 28.3. The molecule has 0 saturated carbocycles. The van der Waals surface area contributed by atoms with E-state index < -0.39 is 8.07 Å². The van der Waals surface area contributed by atoms with E-state index in [1.54, 1.807) is 5.19 Å². The van der Waals surface area contributed by atoms with Crippen LogP contribution in [-0.2, 0) is 7.05 Å². The summed E-state index contributed by atoms with van der Waals surface area (Å²) >= 11 is 0. The molecule has 2 nitrogen and oxygen atoms in total. The highest BCUT2D eigenvalue weighted by Gasteiger charge is 2.30. The summed E-state index contributed by atoms with van der Waals surface area (Å²) in [7, 11) is 0.715. The van der Waals surface area contributed by atoms with Gasteiger partial charge in [0.05, 0.1) is 35.4 Å². The molecule has 0 radical (unpaired) electrons. The number of pyridine rings is 2. The minimum Gasteiger partial charge on any atom is -0.307 e. The van der Waals surface area contributed by atoms with E-state index >= 15 is 0 Å².